The van der Waals surface area contributed by atoms with Crippen molar-refractivity contribution >= 4 is 22.0 Å². The Hall–Kier alpha value is -5.73. The van der Waals surface area contributed by atoms with Gasteiger partial charge in [-0.15, -0.1) is 0 Å². The van der Waals surface area contributed by atoms with Gasteiger partial charge < -0.3 is 5.32 Å². The monoisotopic (exact) mass is 562 g/mol. The Kier molecular flexibility index (Phi) is 6.58. The molecule has 0 saturated heterocycles. The lowest BCUT2D eigenvalue weighted by Gasteiger charge is -2.31. The van der Waals surface area contributed by atoms with E-state index in [1.807, 2.05) is 0 Å². The first-order valence-electron chi connectivity index (χ1n) is 15.1. The lowest BCUT2D eigenvalue weighted by atomic mass is 9.83. The number of pyridine rings is 1. The highest BCUT2D eigenvalue weighted by atomic mass is 14.9. The largest absolute Gasteiger partial charge is 0.374 e. The Bertz CT molecular complexity index is 2060. The van der Waals surface area contributed by atoms with Crippen LogP contribution in [0.4, 0.5) is 5.69 Å². The fraction of sp³-hybridized carbons (Fsp3) is 0.0238. The molecule has 1 unspecified atom stereocenters. The zero-order chi connectivity index (χ0) is 29.3. The Morgan fingerprint density at radius 3 is 1.61 bits per heavy atom. The Morgan fingerprint density at radius 1 is 0.477 bits per heavy atom. The number of rotatable bonds is 5. The van der Waals surface area contributed by atoms with Crippen LogP contribution in [0.25, 0.3) is 50.0 Å². The summed E-state index contributed by atoms with van der Waals surface area (Å²) < 4.78 is 0. The summed E-state index contributed by atoms with van der Waals surface area (Å²) in [6.45, 7) is 0. The molecule has 1 aliphatic rings. The smallest absolute Gasteiger partial charge is 0.0715 e. The molecule has 44 heavy (non-hydrogen) atoms. The first-order chi connectivity index (χ1) is 21.8. The minimum absolute atomic E-state index is 0.0165. The second-order valence-corrected chi connectivity index (χ2v) is 11.2. The zero-order valence-electron chi connectivity index (χ0n) is 24.2. The van der Waals surface area contributed by atoms with Crippen molar-refractivity contribution < 1.29 is 0 Å². The van der Waals surface area contributed by atoms with E-state index >= 15 is 0 Å². The predicted octanol–water partition coefficient (Wildman–Crippen LogP) is 10.8. The van der Waals surface area contributed by atoms with Crippen LogP contribution in [0, 0.1) is 0 Å². The summed E-state index contributed by atoms with van der Waals surface area (Å²) in [6.07, 6.45) is 2.39. The van der Waals surface area contributed by atoms with Gasteiger partial charge in [-0.25, -0.2) is 4.98 Å². The van der Waals surface area contributed by atoms with Crippen LogP contribution in [0.2, 0.25) is 0 Å². The van der Waals surface area contributed by atoms with Crippen molar-refractivity contribution in [2.75, 3.05) is 5.32 Å². The molecule has 1 aromatic heterocycles. The lowest BCUT2D eigenvalue weighted by Crippen LogP contribution is -2.16. The molecule has 0 saturated carbocycles. The molecule has 8 rings (SSSR count). The van der Waals surface area contributed by atoms with Crippen molar-refractivity contribution in [3.63, 3.8) is 0 Å². The van der Waals surface area contributed by atoms with E-state index in [0.29, 0.717) is 0 Å². The van der Waals surface area contributed by atoms with Crippen molar-refractivity contribution in [3.8, 4) is 33.6 Å². The summed E-state index contributed by atoms with van der Waals surface area (Å²) in [7, 11) is 0. The maximum atomic E-state index is 5.17. The molecule has 6 aromatic carbocycles. The van der Waals surface area contributed by atoms with Gasteiger partial charge >= 0.3 is 0 Å². The maximum absolute atomic E-state index is 5.17. The average Bonchev–Trinajstić information content (AvgIpc) is 3.12. The number of benzene rings is 6. The zero-order valence-corrected chi connectivity index (χ0v) is 24.2. The van der Waals surface area contributed by atoms with Gasteiger partial charge in [-0.2, -0.15) is 0 Å². The molecule has 0 amide bonds. The number of anilines is 1. The van der Waals surface area contributed by atoms with E-state index in [1.165, 1.54) is 33.0 Å². The van der Waals surface area contributed by atoms with Crippen LogP contribution < -0.4 is 5.32 Å². The van der Waals surface area contributed by atoms with Crippen LogP contribution >= 0.6 is 0 Å². The van der Waals surface area contributed by atoms with Crippen LogP contribution in [0.3, 0.4) is 0 Å². The molecule has 0 fully saturated rings. The van der Waals surface area contributed by atoms with Crippen molar-refractivity contribution in [1.82, 2.24) is 4.98 Å². The number of aromatic nitrogens is 1. The fourth-order valence-corrected chi connectivity index (χ4v) is 6.35. The van der Waals surface area contributed by atoms with Gasteiger partial charge in [0.05, 0.1) is 23.1 Å². The Morgan fingerprint density at radius 2 is 1.00 bits per heavy atom. The number of fused-ring (bicyclic) bond motifs is 3. The van der Waals surface area contributed by atoms with Crippen LogP contribution in [-0.4, -0.2) is 4.98 Å². The van der Waals surface area contributed by atoms with Gasteiger partial charge in [0.1, 0.15) is 0 Å². The van der Waals surface area contributed by atoms with Crippen LogP contribution in [0.1, 0.15) is 22.7 Å². The minimum Gasteiger partial charge on any atom is -0.374 e. The van der Waals surface area contributed by atoms with E-state index in [0.717, 1.165) is 39.3 Å². The molecular formula is C42H30N2. The van der Waals surface area contributed by atoms with Crippen LogP contribution in [0.5, 0.6) is 0 Å². The number of hydrogen-bond donors (Lipinski definition) is 1. The number of nitrogens with zero attached hydrogens (tertiary/aromatic N) is 1. The summed E-state index contributed by atoms with van der Waals surface area (Å²) in [4.78, 5) is 5.17. The van der Waals surface area contributed by atoms with Crippen molar-refractivity contribution in [3.05, 3.63) is 187 Å². The quantitative estimate of drug-likeness (QED) is 0.226. The molecule has 0 aliphatic carbocycles. The van der Waals surface area contributed by atoms with Gasteiger partial charge in [-0.05, 0) is 57.3 Å². The molecule has 0 radical (unpaired) electrons. The highest BCUT2D eigenvalue weighted by Crippen LogP contribution is 2.48. The van der Waals surface area contributed by atoms with E-state index in [4.69, 9.17) is 4.98 Å². The van der Waals surface area contributed by atoms with Gasteiger partial charge in [-0.3, -0.25) is 0 Å². The van der Waals surface area contributed by atoms with Crippen LogP contribution in [0.15, 0.2) is 170 Å². The highest BCUT2D eigenvalue weighted by molar-refractivity contribution is 6.09. The third-order valence-electron chi connectivity index (χ3n) is 8.47. The summed E-state index contributed by atoms with van der Waals surface area (Å²) in [6, 6.07) is 58.0. The highest BCUT2D eigenvalue weighted by Gasteiger charge is 2.27. The van der Waals surface area contributed by atoms with E-state index in [9.17, 15) is 0 Å². The lowest BCUT2D eigenvalue weighted by molar-refractivity contribution is 0.975. The summed E-state index contributed by atoms with van der Waals surface area (Å²) in [5.41, 5.74) is 12.5. The Labute approximate surface area is 258 Å². The molecule has 1 aliphatic heterocycles. The summed E-state index contributed by atoms with van der Waals surface area (Å²) in [5, 5.41) is 6.44. The average molecular weight is 563 g/mol. The van der Waals surface area contributed by atoms with Crippen molar-refractivity contribution in [1.29, 1.82) is 0 Å². The standard InChI is InChI=1S/C42H30N2/c1-5-15-29(16-6-1)36-28-40(32-21-11-4-12-22-32)44-42-37(25-33-23-13-14-24-35(33)41(36)42)34-26-38(30-17-7-2-8-18-30)43-39(27-34)31-19-9-3-10-20-31/h1-28,40,44H. The van der Waals surface area contributed by atoms with E-state index in [2.05, 4.69) is 175 Å². The molecule has 2 heterocycles. The molecule has 0 spiro atoms. The van der Waals surface area contributed by atoms with Gasteiger partial charge in [-0.1, -0.05) is 146 Å². The van der Waals surface area contributed by atoms with Gasteiger partial charge in [0, 0.05) is 22.3 Å². The summed E-state index contributed by atoms with van der Waals surface area (Å²) in [5.74, 6) is 0. The second kappa shape index (κ2) is 11.2. The molecule has 2 nitrogen and oxygen atoms in total. The van der Waals surface area contributed by atoms with Crippen LogP contribution in [-0.2, 0) is 0 Å². The van der Waals surface area contributed by atoms with Gasteiger partial charge in [0.15, 0.2) is 0 Å². The maximum Gasteiger partial charge on any atom is 0.0715 e. The fourth-order valence-electron chi connectivity index (χ4n) is 6.35. The first kappa shape index (κ1) is 25.9. The molecule has 1 atom stereocenters. The third-order valence-corrected chi connectivity index (χ3v) is 8.47. The molecule has 208 valence electrons. The molecule has 7 aromatic rings. The van der Waals surface area contributed by atoms with E-state index in [-0.39, 0.29) is 6.04 Å². The topological polar surface area (TPSA) is 24.9 Å². The van der Waals surface area contributed by atoms with Crippen molar-refractivity contribution in [2.24, 2.45) is 0 Å². The second-order valence-electron chi connectivity index (χ2n) is 11.2. The molecular weight excluding hydrogens is 532 g/mol. The van der Waals surface area contributed by atoms with Gasteiger partial charge in [0.2, 0.25) is 0 Å². The predicted molar refractivity (Wildman–Crippen MR) is 184 cm³/mol. The van der Waals surface area contributed by atoms with Gasteiger partial charge in [0.25, 0.3) is 0 Å². The van der Waals surface area contributed by atoms with Crippen molar-refractivity contribution in [2.45, 2.75) is 6.04 Å². The SMILES string of the molecule is C1=C(c2ccccc2)c2c(c(-c3cc(-c4ccccc4)nc(-c4ccccc4)c3)cc3ccccc23)NC1c1ccccc1. The normalized spacial score (nSPS) is 14.0. The number of hydrogen-bond acceptors (Lipinski definition) is 2. The van der Waals surface area contributed by atoms with E-state index in [1.54, 1.807) is 0 Å². The number of nitrogens with one attached hydrogen (secondary N) is 1. The molecule has 1 N–H and O–H groups in total. The first-order valence-corrected chi connectivity index (χ1v) is 15.1. The summed E-state index contributed by atoms with van der Waals surface area (Å²) >= 11 is 0. The molecule has 0 bridgehead atoms. The minimum atomic E-state index is 0.0165. The van der Waals surface area contributed by atoms with E-state index < -0.39 is 0 Å². The molecule has 2 heteroatoms. The third kappa shape index (κ3) is 4.77. The Balaban J connectivity index is 1.43.